The lowest BCUT2D eigenvalue weighted by atomic mass is 9.99. The first-order valence-electron chi connectivity index (χ1n) is 9.85. The molecule has 31 heavy (non-hydrogen) atoms. The summed E-state index contributed by atoms with van der Waals surface area (Å²) in [5.74, 6) is 3.01. The lowest BCUT2D eigenvalue weighted by Crippen LogP contribution is -1.95. The second-order valence-electron chi connectivity index (χ2n) is 7.26. The van der Waals surface area contributed by atoms with Crippen LogP contribution in [0, 0.1) is 13.8 Å². The Morgan fingerprint density at radius 1 is 0.645 bits per heavy atom. The zero-order valence-corrected chi connectivity index (χ0v) is 18.5. The van der Waals surface area contributed by atoms with Crippen LogP contribution in [0.25, 0.3) is 33.7 Å². The normalized spacial score (nSPS) is 10.9. The van der Waals surface area contributed by atoms with E-state index in [0.717, 1.165) is 39.1 Å². The molecule has 0 aliphatic heterocycles. The van der Waals surface area contributed by atoms with Gasteiger partial charge >= 0.3 is 0 Å². The number of fused-ring (bicyclic) bond motifs is 1. The molecular formula is C25H25NO5. The van der Waals surface area contributed by atoms with E-state index in [1.807, 2.05) is 44.2 Å². The average molecular weight is 419 g/mol. The Kier molecular flexibility index (Phi) is 5.46. The van der Waals surface area contributed by atoms with E-state index in [4.69, 9.17) is 23.4 Å². The van der Waals surface area contributed by atoms with Crippen LogP contribution in [-0.2, 0) is 0 Å². The zero-order valence-electron chi connectivity index (χ0n) is 18.5. The van der Waals surface area contributed by atoms with Crippen LogP contribution in [0.2, 0.25) is 0 Å². The predicted molar refractivity (Wildman–Crippen MR) is 121 cm³/mol. The van der Waals surface area contributed by atoms with Crippen molar-refractivity contribution in [3.63, 3.8) is 0 Å². The van der Waals surface area contributed by atoms with E-state index in [-0.39, 0.29) is 0 Å². The SMILES string of the molecule is COc1cc(-c2nc3ccc(-c4cc(C)c(OC)c(C)c4)cc3o2)cc(OC)c1OC. The monoisotopic (exact) mass is 419 g/mol. The average Bonchev–Trinajstić information content (AvgIpc) is 3.21. The lowest BCUT2D eigenvalue weighted by Gasteiger charge is -2.12. The van der Waals surface area contributed by atoms with Gasteiger partial charge in [0.2, 0.25) is 11.6 Å². The van der Waals surface area contributed by atoms with Crippen molar-refractivity contribution in [2.24, 2.45) is 0 Å². The van der Waals surface area contributed by atoms with E-state index in [1.54, 1.807) is 28.4 Å². The summed E-state index contributed by atoms with van der Waals surface area (Å²) in [5, 5.41) is 0. The second kappa shape index (κ2) is 8.22. The molecule has 6 nitrogen and oxygen atoms in total. The molecule has 0 saturated carbocycles. The lowest BCUT2D eigenvalue weighted by molar-refractivity contribution is 0.324. The Labute approximate surface area is 181 Å². The molecule has 0 spiro atoms. The molecule has 1 aromatic heterocycles. The first-order chi connectivity index (χ1) is 15.0. The minimum absolute atomic E-state index is 0.480. The third-order valence-electron chi connectivity index (χ3n) is 5.30. The van der Waals surface area contributed by atoms with Crippen LogP contribution < -0.4 is 18.9 Å². The highest BCUT2D eigenvalue weighted by molar-refractivity contribution is 5.83. The fraction of sp³-hybridized carbons (Fsp3) is 0.240. The molecule has 4 rings (SSSR count). The van der Waals surface area contributed by atoms with Gasteiger partial charge in [-0.25, -0.2) is 4.98 Å². The molecule has 0 radical (unpaired) electrons. The smallest absolute Gasteiger partial charge is 0.227 e. The van der Waals surface area contributed by atoms with E-state index < -0.39 is 0 Å². The number of ether oxygens (including phenoxy) is 4. The third-order valence-corrected chi connectivity index (χ3v) is 5.30. The second-order valence-corrected chi connectivity index (χ2v) is 7.26. The van der Waals surface area contributed by atoms with Crippen LogP contribution in [0.3, 0.4) is 0 Å². The predicted octanol–water partition coefficient (Wildman–Crippen LogP) is 5.81. The van der Waals surface area contributed by atoms with Crippen LogP contribution >= 0.6 is 0 Å². The molecule has 0 atom stereocenters. The summed E-state index contributed by atoms with van der Waals surface area (Å²) in [6, 6.07) is 13.9. The summed E-state index contributed by atoms with van der Waals surface area (Å²) in [6.07, 6.45) is 0. The molecule has 0 saturated heterocycles. The highest BCUT2D eigenvalue weighted by atomic mass is 16.5. The Hall–Kier alpha value is -3.67. The molecule has 0 aliphatic carbocycles. The van der Waals surface area contributed by atoms with E-state index in [2.05, 4.69) is 17.1 Å². The summed E-state index contributed by atoms with van der Waals surface area (Å²) >= 11 is 0. The van der Waals surface area contributed by atoms with E-state index in [9.17, 15) is 0 Å². The van der Waals surface area contributed by atoms with Crippen LogP contribution in [0.15, 0.2) is 46.9 Å². The minimum Gasteiger partial charge on any atom is -0.496 e. The first-order valence-corrected chi connectivity index (χ1v) is 9.85. The van der Waals surface area contributed by atoms with Crippen LogP contribution in [0.5, 0.6) is 23.0 Å². The molecule has 3 aromatic carbocycles. The Balaban J connectivity index is 1.79. The highest BCUT2D eigenvalue weighted by Gasteiger charge is 2.18. The van der Waals surface area contributed by atoms with Gasteiger partial charge in [-0.2, -0.15) is 0 Å². The summed E-state index contributed by atoms with van der Waals surface area (Å²) in [4.78, 5) is 4.65. The molecule has 0 unspecified atom stereocenters. The molecule has 0 fully saturated rings. The van der Waals surface area contributed by atoms with Crippen molar-refractivity contribution in [3.05, 3.63) is 53.6 Å². The van der Waals surface area contributed by atoms with Crippen molar-refractivity contribution >= 4 is 11.1 Å². The fourth-order valence-electron chi connectivity index (χ4n) is 3.87. The molecule has 1 heterocycles. The molecule has 4 aromatic rings. The number of rotatable bonds is 6. The largest absolute Gasteiger partial charge is 0.496 e. The van der Waals surface area contributed by atoms with Gasteiger partial charge in [0.1, 0.15) is 11.3 Å². The van der Waals surface area contributed by atoms with Crippen molar-refractivity contribution in [3.8, 4) is 45.6 Å². The Bertz CT molecular complexity index is 1210. The Morgan fingerprint density at radius 3 is 1.81 bits per heavy atom. The third kappa shape index (κ3) is 3.65. The summed E-state index contributed by atoms with van der Waals surface area (Å²) in [5.41, 5.74) is 6.55. The molecule has 0 bridgehead atoms. The maximum Gasteiger partial charge on any atom is 0.227 e. The molecular weight excluding hydrogens is 394 g/mol. The molecule has 0 amide bonds. The van der Waals surface area contributed by atoms with E-state index >= 15 is 0 Å². The summed E-state index contributed by atoms with van der Waals surface area (Å²) in [6.45, 7) is 4.09. The summed E-state index contributed by atoms with van der Waals surface area (Å²) in [7, 11) is 6.43. The molecule has 0 aliphatic rings. The standard InChI is InChI=1S/C25H25NO5/c1-14-9-17(10-15(2)23(14)29-5)16-7-8-19-20(11-16)31-25(26-19)18-12-21(27-3)24(30-6)22(13-18)28-4/h7-13H,1-6H3. The number of aromatic nitrogens is 1. The number of nitrogens with zero attached hydrogens (tertiary/aromatic N) is 1. The van der Waals surface area contributed by atoms with E-state index in [0.29, 0.717) is 28.7 Å². The van der Waals surface area contributed by atoms with Crippen molar-refractivity contribution in [2.45, 2.75) is 13.8 Å². The van der Waals surface area contributed by atoms with Gasteiger partial charge in [-0.15, -0.1) is 0 Å². The molecule has 6 heteroatoms. The fourth-order valence-corrected chi connectivity index (χ4v) is 3.87. The molecule has 160 valence electrons. The van der Waals surface area contributed by atoms with Gasteiger partial charge in [-0.05, 0) is 72.5 Å². The number of hydrogen-bond donors (Lipinski definition) is 0. The number of benzene rings is 3. The van der Waals surface area contributed by atoms with Gasteiger partial charge in [-0.1, -0.05) is 6.07 Å². The van der Waals surface area contributed by atoms with Crippen molar-refractivity contribution in [2.75, 3.05) is 28.4 Å². The Morgan fingerprint density at radius 2 is 1.26 bits per heavy atom. The van der Waals surface area contributed by atoms with Crippen molar-refractivity contribution < 1.29 is 23.4 Å². The number of aryl methyl sites for hydroxylation is 2. The maximum atomic E-state index is 6.11. The van der Waals surface area contributed by atoms with Gasteiger partial charge in [0, 0.05) is 5.56 Å². The number of hydrogen-bond acceptors (Lipinski definition) is 6. The quantitative estimate of drug-likeness (QED) is 0.393. The first kappa shape index (κ1) is 20.6. The van der Waals surface area contributed by atoms with Gasteiger partial charge in [0.05, 0.1) is 28.4 Å². The van der Waals surface area contributed by atoms with Gasteiger partial charge in [0.25, 0.3) is 0 Å². The topological polar surface area (TPSA) is 63.0 Å². The number of oxazole rings is 1. The van der Waals surface area contributed by atoms with Gasteiger partial charge in [-0.3, -0.25) is 0 Å². The van der Waals surface area contributed by atoms with Crippen LogP contribution in [-0.4, -0.2) is 33.4 Å². The zero-order chi connectivity index (χ0) is 22.1. The minimum atomic E-state index is 0.480. The van der Waals surface area contributed by atoms with Crippen molar-refractivity contribution in [1.82, 2.24) is 4.98 Å². The van der Waals surface area contributed by atoms with Gasteiger partial charge < -0.3 is 23.4 Å². The van der Waals surface area contributed by atoms with Crippen molar-refractivity contribution in [1.29, 1.82) is 0 Å². The summed E-state index contributed by atoms with van der Waals surface area (Å²) < 4.78 is 27.9. The molecule has 0 N–H and O–H groups in total. The van der Waals surface area contributed by atoms with E-state index in [1.165, 1.54) is 0 Å². The number of methoxy groups -OCH3 is 4. The highest BCUT2D eigenvalue weighted by Crippen LogP contribution is 2.41. The van der Waals surface area contributed by atoms with Crippen LogP contribution in [0.1, 0.15) is 11.1 Å². The van der Waals surface area contributed by atoms with Gasteiger partial charge in [0.15, 0.2) is 17.1 Å². The van der Waals surface area contributed by atoms with Crippen LogP contribution in [0.4, 0.5) is 0 Å². The maximum absolute atomic E-state index is 6.11.